The summed E-state index contributed by atoms with van der Waals surface area (Å²) in [6.45, 7) is 7.16. The molecule has 4 aliphatic rings. The predicted molar refractivity (Wildman–Crippen MR) is 195 cm³/mol. The van der Waals surface area contributed by atoms with Crippen LogP contribution in [0.3, 0.4) is 0 Å². The van der Waals surface area contributed by atoms with Crippen LogP contribution in [-0.4, -0.2) is 69.2 Å². The first kappa shape index (κ1) is 33.8. The van der Waals surface area contributed by atoms with Crippen LogP contribution in [-0.2, 0) is 30.4 Å². The lowest BCUT2D eigenvalue weighted by Gasteiger charge is -2.41. The van der Waals surface area contributed by atoms with E-state index in [2.05, 4.69) is 37.0 Å². The fraction of sp³-hybridized carbons (Fsp3) is 0.472. The number of rotatable bonds is 1. The summed E-state index contributed by atoms with van der Waals surface area (Å²) in [6.07, 6.45) is 11.1. The molecule has 0 saturated carbocycles. The largest absolute Gasteiger partial charge is 0.493 e. The molecular formula is C36H44ClN5O3S2. The molecular weight excluding hydrogens is 650 g/mol. The van der Waals surface area contributed by atoms with Crippen LogP contribution >= 0.6 is 35.1 Å². The highest BCUT2D eigenvalue weighted by Crippen LogP contribution is 2.57. The van der Waals surface area contributed by atoms with Gasteiger partial charge in [-0.3, -0.25) is 9.67 Å². The molecule has 8 nitrogen and oxygen atoms in total. The van der Waals surface area contributed by atoms with Gasteiger partial charge in [-0.15, -0.1) is 23.5 Å². The Morgan fingerprint density at radius 1 is 1.19 bits per heavy atom. The SMILES string of the molecule is CN=C1C=C(N)CSCc2nn(C)c(C)c2C2=C(Cl)C=CC3N(CCCOc4cc(cc5c4CCCC5)SC1)C(C(=O)O)=C(C)C23C. The van der Waals surface area contributed by atoms with E-state index in [0.29, 0.717) is 47.6 Å². The summed E-state index contributed by atoms with van der Waals surface area (Å²) in [5, 5.41) is 16.1. The zero-order chi connectivity index (χ0) is 33.5. The molecule has 2 atom stereocenters. The molecule has 11 heteroatoms. The maximum Gasteiger partial charge on any atom is 0.352 e. The minimum atomic E-state index is -0.924. The molecule has 2 aromatic rings. The van der Waals surface area contributed by atoms with Crippen molar-refractivity contribution in [2.24, 2.45) is 23.2 Å². The first-order valence-electron chi connectivity index (χ1n) is 16.3. The number of benzene rings is 1. The summed E-state index contributed by atoms with van der Waals surface area (Å²) >= 11 is 10.5. The van der Waals surface area contributed by atoms with Gasteiger partial charge in [-0.1, -0.05) is 17.7 Å². The summed E-state index contributed by atoms with van der Waals surface area (Å²) in [4.78, 5) is 20.6. The van der Waals surface area contributed by atoms with Crippen molar-refractivity contribution in [1.82, 2.24) is 14.7 Å². The monoisotopic (exact) mass is 693 g/mol. The second-order valence-electron chi connectivity index (χ2n) is 12.9. The van der Waals surface area contributed by atoms with Gasteiger partial charge in [0.25, 0.3) is 0 Å². The van der Waals surface area contributed by atoms with Crippen molar-refractivity contribution < 1.29 is 14.6 Å². The van der Waals surface area contributed by atoms with E-state index in [1.807, 2.05) is 42.8 Å². The van der Waals surface area contributed by atoms with Gasteiger partial charge in [-0.2, -0.15) is 5.10 Å². The lowest BCUT2D eigenvalue weighted by atomic mass is 9.67. The molecule has 0 spiro atoms. The quantitative estimate of drug-likeness (QED) is 0.333. The van der Waals surface area contributed by atoms with Crippen LogP contribution in [0.1, 0.15) is 61.2 Å². The molecule has 0 amide bonds. The van der Waals surface area contributed by atoms with Gasteiger partial charge in [0.05, 0.1) is 18.3 Å². The van der Waals surface area contributed by atoms with Gasteiger partial charge in [0.15, 0.2) is 0 Å². The second kappa shape index (κ2) is 13.8. The Hall–Kier alpha value is -3.08. The molecule has 6 bridgehead atoms. The zero-order valence-electron chi connectivity index (χ0n) is 27.9. The van der Waals surface area contributed by atoms with Gasteiger partial charge in [0.2, 0.25) is 0 Å². The normalized spacial score (nSPS) is 24.8. The van der Waals surface area contributed by atoms with E-state index in [-0.39, 0.29) is 6.04 Å². The summed E-state index contributed by atoms with van der Waals surface area (Å²) in [7, 11) is 3.76. The molecule has 250 valence electrons. The Bertz CT molecular complexity index is 1760. The Balaban J connectivity index is 1.41. The molecule has 3 heterocycles. The molecule has 1 aromatic heterocycles. The van der Waals surface area contributed by atoms with Crippen LogP contribution in [0, 0.1) is 12.3 Å². The van der Waals surface area contributed by atoms with E-state index in [0.717, 1.165) is 69.4 Å². The Morgan fingerprint density at radius 2 is 1.98 bits per heavy atom. The summed E-state index contributed by atoms with van der Waals surface area (Å²) in [5.74, 6) is 1.99. The van der Waals surface area contributed by atoms with Crippen molar-refractivity contribution in [3.63, 3.8) is 0 Å². The van der Waals surface area contributed by atoms with Crippen molar-refractivity contribution in [2.45, 2.75) is 69.6 Å². The number of hydrogen-bond acceptors (Lipinski definition) is 8. The zero-order valence-corrected chi connectivity index (χ0v) is 30.2. The second-order valence-corrected chi connectivity index (χ2v) is 15.4. The van der Waals surface area contributed by atoms with Gasteiger partial charge in [0.1, 0.15) is 11.4 Å². The minimum absolute atomic E-state index is 0.210. The van der Waals surface area contributed by atoms with E-state index in [1.54, 1.807) is 23.5 Å². The van der Waals surface area contributed by atoms with E-state index in [1.165, 1.54) is 17.5 Å². The molecule has 2 aliphatic heterocycles. The molecule has 1 aromatic carbocycles. The Morgan fingerprint density at radius 3 is 2.74 bits per heavy atom. The number of nitrogens with zero attached hydrogens (tertiary/aromatic N) is 4. The lowest BCUT2D eigenvalue weighted by Crippen LogP contribution is -2.42. The highest BCUT2D eigenvalue weighted by Gasteiger charge is 2.53. The first-order valence-corrected chi connectivity index (χ1v) is 18.8. The lowest BCUT2D eigenvalue weighted by molar-refractivity contribution is -0.134. The van der Waals surface area contributed by atoms with Crippen LogP contribution in [0.5, 0.6) is 5.75 Å². The van der Waals surface area contributed by atoms with Gasteiger partial charge < -0.3 is 20.5 Å². The van der Waals surface area contributed by atoms with Crippen molar-refractivity contribution in [3.05, 3.63) is 80.4 Å². The van der Waals surface area contributed by atoms with Gasteiger partial charge >= 0.3 is 5.97 Å². The molecule has 3 N–H and O–H groups in total. The van der Waals surface area contributed by atoms with Crippen LogP contribution in [0.2, 0.25) is 0 Å². The third kappa shape index (κ3) is 6.29. The fourth-order valence-corrected chi connectivity index (χ4v) is 9.69. The summed E-state index contributed by atoms with van der Waals surface area (Å²) < 4.78 is 8.42. The number of aliphatic imine (C=N–C) groups is 1. The maximum atomic E-state index is 12.9. The standard InChI is InChI=1S/C36H44ClN5O3S2/c1-21-34(35(43)44)42-13-8-14-45-30-17-26(15-23-9-6-7-10-27(23)30)47-19-25(39-4)16-24(38)18-46-20-29-32(22(2)41(5)40-29)33-28(37)11-12-31(42)36(21,33)3/h11-12,15-17,31H,6-10,13-14,18-20,38H2,1-5H3,(H,43,44). The molecule has 47 heavy (non-hydrogen) atoms. The average molecular weight is 694 g/mol. The Labute approximate surface area is 291 Å². The van der Waals surface area contributed by atoms with Crippen molar-refractivity contribution in [1.29, 1.82) is 0 Å². The van der Waals surface area contributed by atoms with Gasteiger partial charge in [-0.05, 0) is 99.4 Å². The van der Waals surface area contributed by atoms with Crippen LogP contribution < -0.4 is 10.5 Å². The number of aryl methyl sites for hydroxylation is 2. The van der Waals surface area contributed by atoms with Crippen LogP contribution in [0.4, 0.5) is 0 Å². The summed E-state index contributed by atoms with van der Waals surface area (Å²) in [5.41, 5.74) is 15.2. The number of ether oxygens (including phenoxy) is 1. The third-order valence-corrected chi connectivity index (χ3v) is 12.5. The highest BCUT2D eigenvalue weighted by molar-refractivity contribution is 8.00. The highest BCUT2D eigenvalue weighted by atomic mass is 35.5. The number of carbonyl (C=O) groups is 1. The number of aromatic nitrogens is 2. The molecule has 0 fully saturated rings. The average Bonchev–Trinajstić information content (AvgIpc) is 3.44. The number of carboxylic acids is 1. The first-order chi connectivity index (χ1) is 22.5. The molecule has 0 radical (unpaired) electrons. The number of carboxylic acid groups (broad SMARTS) is 1. The van der Waals surface area contributed by atoms with E-state index < -0.39 is 11.4 Å². The van der Waals surface area contributed by atoms with Crippen LogP contribution in [0.15, 0.2) is 62.2 Å². The van der Waals surface area contributed by atoms with Crippen molar-refractivity contribution >= 4 is 52.4 Å². The number of allylic oxidation sites excluding steroid dienone is 3. The van der Waals surface area contributed by atoms with Crippen molar-refractivity contribution in [2.75, 3.05) is 31.7 Å². The molecule has 2 unspecified atom stereocenters. The summed E-state index contributed by atoms with van der Waals surface area (Å²) in [6, 6.07) is 4.27. The number of halogens is 1. The number of aliphatic carboxylic acids is 1. The molecule has 2 aliphatic carbocycles. The number of nitrogens with two attached hydrogens (primary N) is 1. The van der Waals surface area contributed by atoms with E-state index in [9.17, 15) is 9.90 Å². The molecule has 6 rings (SSSR count). The Kier molecular flexibility index (Phi) is 9.93. The topological polar surface area (TPSA) is 106 Å². The van der Waals surface area contributed by atoms with Crippen LogP contribution in [0.25, 0.3) is 5.57 Å². The van der Waals surface area contributed by atoms with Crippen molar-refractivity contribution in [3.8, 4) is 5.75 Å². The smallest absolute Gasteiger partial charge is 0.352 e. The number of fused-ring (bicyclic) bond motifs is 6. The number of hydrogen-bond donors (Lipinski definition) is 2. The third-order valence-electron chi connectivity index (χ3n) is 10.1. The van der Waals surface area contributed by atoms with Gasteiger partial charge in [0, 0.05) is 75.9 Å². The molecule has 0 saturated heterocycles. The van der Waals surface area contributed by atoms with E-state index in [4.69, 9.17) is 27.2 Å². The van der Waals surface area contributed by atoms with Gasteiger partial charge in [-0.25, -0.2) is 4.79 Å². The minimum Gasteiger partial charge on any atom is -0.493 e. The number of thioether (sulfide) groups is 2. The van der Waals surface area contributed by atoms with E-state index >= 15 is 0 Å². The maximum absolute atomic E-state index is 12.9. The fourth-order valence-electron chi connectivity index (χ4n) is 7.57. The predicted octanol–water partition coefficient (Wildman–Crippen LogP) is 6.90.